The van der Waals surface area contributed by atoms with Crippen LogP contribution < -0.4 is 10.1 Å². The zero-order chi connectivity index (χ0) is 17.8. The maximum absolute atomic E-state index is 12.4. The van der Waals surface area contributed by atoms with Gasteiger partial charge in [-0.1, -0.05) is 30.3 Å². The van der Waals surface area contributed by atoms with E-state index >= 15 is 0 Å². The van der Waals surface area contributed by atoms with E-state index in [0.717, 1.165) is 16.8 Å². The number of anilines is 1. The number of nitrogens with one attached hydrogen (secondary N) is 1. The van der Waals surface area contributed by atoms with Crippen molar-refractivity contribution in [3.8, 4) is 5.75 Å². The second kappa shape index (κ2) is 7.37. The van der Waals surface area contributed by atoms with E-state index in [1.807, 2.05) is 64.5 Å². The Kier molecular flexibility index (Phi) is 4.61. The number of aromatic nitrogens is 3. The molecule has 1 amide bonds. The smallest absolute Gasteiger partial charge is 0.246 e. The van der Waals surface area contributed by atoms with Crippen molar-refractivity contribution in [2.45, 2.75) is 13.2 Å². The van der Waals surface area contributed by atoms with Crippen LogP contribution in [-0.4, -0.2) is 20.4 Å². The number of benzene rings is 2. The number of thiazole rings is 1. The van der Waals surface area contributed by atoms with E-state index in [1.165, 1.54) is 11.3 Å². The van der Waals surface area contributed by atoms with Gasteiger partial charge in [0.2, 0.25) is 5.91 Å². The highest BCUT2D eigenvalue weighted by molar-refractivity contribution is 7.13. The van der Waals surface area contributed by atoms with Crippen LogP contribution in [0.2, 0.25) is 0 Å². The summed E-state index contributed by atoms with van der Waals surface area (Å²) in [4.78, 5) is 21.1. The molecule has 0 fully saturated rings. The Labute approximate surface area is 154 Å². The molecule has 0 aliphatic heterocycles. The molecule has 0 atom stereocenters. The van der Waals surface area contributed by atoms with Crippen molar-refractivity contribution >= 4 is 33.4 Å². The van der Waals surface area contributed by atoms with Gasteiger partial charge in [-0.15, -0.1) is 11.3 Å². The first kappa shape index (κ1) is 16.3. The van der Waals surface area contributed by atoms with Gasteiger partial charge in [0.15, 0.2) is 5.13 Å². The fourth-order valence-corrected chi connectivity index (χ4v) is 3.21. The summed E-state index contributed by atoms with van der Waals surface area (Å²) in [5.74, 6) is 1.31. The Morgan fingerprint density at radius 2 is 1.92 bits per heavy atom. The van der Waals surface area contributed by atoms with Crippen molar-refractivity contribution in [3.05, 3.63) is 72.0 Å². The fraction of sp³-hybridized carbons (Fsp3) is 0.105. The molecule has 0 bridgehead atoms. The molecule has 26 heavy (non-hydrogen) atoms. The van der Waals surface area contributed by atoms with Crippen molar-refractivity contribution in [2.24, 2.45) is 0 Å². The first-order chi connectivity index (χ1) is 12.8. The highest BCUT2D eigenvalue weighted by Crippen LogP contribution is 2.19. The van der Waals surface area contributed by atoms with Crippen molar-refractivity contribution in [1.29, 1.82) is 0 Å². The Bertz CT molecular complexity index is 1010. The van der Waals surface area contributed by atoms with Gasteiger partial charge < -0.3 is 14.6 Å². The minimum absolute atomic E-state index is 0.146. The van der Waals surface area contributed by atoms with Gasteiger partial charge in [0.05, 0.1) is 11.0 Å². The Hall–Kier alpha value is -3.19. The van der Waals surface area contributed by atoms with Gasteiger partial charge >= 0.3 is 0 Å². The largest absolute Gasteiger partial charge is 0.486 e. The predicted molar refractivity (Wildman–Crippen MR) is 101 cm³/mol. The summed E-state index contributed by atoms with van der Waals surface area (Å²) in [6, 6.07) is 17.3. The Morgan fingerprint density at radius 1 is 1.12 bits per heavy atom. The zero-order valence-electron chi connectivity index (χ0n) is 13.8. The number of nitrogens with zero attached hydrogens (tertiary/aromatic N) is 3. The van der Waals surface area contributed by atoms with Crippen LogP contribution in [0.3, 0.4) is 0 Å². The number of hydrogen-bond donors (Lipinski definition) is 1. The number of rotatable bonds is 6. The number of carbonyl (C=O) groups is 1. The van der Waals surface area contributed by atoms with E-state index in [9.17, 15) is 4.79 Å². The van der Waals surface area contributed by atoms with Gasteiger partial charge in [0, 0.05) is 11.6 Å². The predicted octanol–water partition coefficient (Wildman–Crippen LogP) is 3.71. The van der Waals surface area contributed by atoms with Crippen LogP contribution in [0.15, 0.2) is 66.2 Å². The first-order valence-corrected chi connectivity index (χ1v) is 8.99. The summed E-state index contributed by atoms with van der Waals surface area (Å²) >= 11 is 1.39. The summed E-state index contributed by atoms with van der Waals surface area (Å²) in [5.41, 5.74) is 1.73. The molecular formula is C19H16N4O2S. The SMILES string of the molecule is O=C(Cn1c(COc2ccccc2)nc2ccccc21)Nc1nccs1. The molecule has 1 N–H and O–H groups in total. The molecule has 0 radical (unpaired) electrons. The van der Waals surface area contributed by atoms with Crippen molar-refractivity contribution < 1.29 is 9.53 Å². The van der Waals surface area contributed by atoms with Gasteiger partial charge in [-0.25, -0.2) is 9.97 Å². The van der Waals surface area contributed by atoms with E-state index in [0.29, 0.717) is 11.0 Å². The van der Waals surface area contributed by atoms with Crippen LogP contribution >= 0.6 is 11.3 Å². The van der Waals surface area contributed by atoms with Gasteiger partial charge in [0.25, 0.3) is 0 Å². The minimum Gasteiger partial charge on any atom is -0.486 e. The quantitative estimate of drug-likeness (QED) is 0.566. The summed E-state index contributed by atoms with van der Waals surface area (Å²) in [7, 11) is 0. The molecule has 2 heterocycles. The molecule has 2 aromatic carbocycles. The maximum Gasteiger partial charge on any atom is 0.246 e. The monoisotopic (exact) mass is 364 g/mol. The van der Waals surface area contributed by atoms with Gasteiger partial charge in [-0.3, -0.25) is 4.79 Å². The maximum atomic E-state index is 12.4. The first-order valence-electron chi connectivity index (χ1n) is 8.11. The molecule has 0 aliphatic carbocycles. The third-order valence-corrected chi connectivity index (χ3v) is 4.51. The Morgan fingerprint density at radius 3 is 2.73 bits per heavy atom. The molecule has 4 aromatic rings. The zero-order valence-corrected chi connectivity index (χ0v) is 14.6. The van der Waals surface area contributed by atoms with Crippen LogP contribution in [0.25, 0.3) is 11.0 Å². The van der Waals surface area contributed by atoms with Gasteiger partial charge in [-0.2, -0.15) is 0 Å². The molecule has 4 rings (SSSR count). The number of hydrogen-bond acceptors (Lipinski definition) is 5. The molecule has 2 aromatic heterocycles. The van der Waals surface area contributed by atoms with Crippen LogP contribution in [-0.2, 0) is 17.9 Å². The second-order valence-electron chi connectivity index (χ2n) is 5.59. The number of amides is 1. The summed E-state index contributed by atoms with van der Waals surface area (Å²) in [6.45, 7) is 0.427. The average Bonchev–Trinajstić information content (AvgIpc) is 3.29. The van der Waals surface area contributed by atoms with Crippen LogP contribution in [0.5, 0.6) is 5.75 Å². The third-order valence-electron chi connectivity index (χ3n) is 3.83. The van der Waals surface area contributed by atoms with E-state index < -0.39 is 0 Å². The van der Waals surface area contributed by atoms with Crippen LogP contribution in [0.1, 0.15) is 5.82 Å². The standard InChI is InChI=1S/C19H16N4O2S/c24-18(22-19-20-10-11-26-19)12-23-16-9-5-4-8-15(16)21-17(23)13-25-14-6-2-1-3-7-14/h1-11H,12-13H2,(H,20,22,24). The van der Waals surface area contributed by atoms with Crippen LogP contribution in [0, 0.1) is 0 Å². The van der Waals surface area contributed by atoms with Crippen LogP contribution in [0.4, 0.5) is 5.13 Å². The molecule has 0 aliphatic rings. The summed E-state index contributed by atoms with van der Waals surface area (Å²) in [5, 5.41) is 5.21. The van der Waals surface area contributed by atoms with Gasteiger partial charge in [0.1, 0.15) is 24.7 Å². The number of imidazole rings is 1. The Balaban J connectivity index is 1.58. The average molecular weight is 364 g/mol. The number of fused-ring (bicyclic) bond motifs is 1. The molecule has 7 heteroatoms. The van der Waals surface area contributed by atoms with E-state index in [4.69, 9.17) is 4.74 Å². The number of para-hydroxylation sites is 3. The lowest BCUT2D eigenvalue weighted by Gasteiger charge is -2.10. The summed E-state index contributed by atoms with van der Waals surface area (Å²) < 4.78 is 7.70. The molecule has 0 saturated heterocycles. The van der Waals surface area contributed by atoms with Crippen molar-refractivity contribution in [3.63, 3.8) is 0 Å². The lowest BCUT2D eigenvalue weighted by molar-refractivity contribution is -0.116. The lowest BCUT2D eigenvalue weighted by Crippen LogP contribution is -2.20. The third kappa shape index (κ3) is 3.57. The van der Waals surface area contributed by atoms with E-state index in [2.05, 4.69) is 15.3 Å². The molecular weight excluding hydrogens is 348 g/mol. The molecule has 0 spiro atoms. The second-order valence-corrected chi connectivity index (χ2v) is 6.48. The molecule has 0 unspecified atom stereocenters. The number of carbonyl (C=O) groups excluding carboxylic acids is 1. The minimum atomic E-state index is -0.149. The van der Waals surface area contributed by atoms with E-state index in [-0.39, 0.29) is 19.1 Å². The lowest BCUT2D eigenvalue weighted by atomic mass is 10.3. The highest BCUT2D eigenvalue weighted by Gasteiger charge is 2.14. The van der Waals surface area contributed by atoms with Crippen molar-refractivity contribution in [1.82, 2.24) is 14.5 Å². The molecule has 0 saturated carbocycles. The highest BCUT2D eigenvalue weighted by atomic mass is 32.1. The van der Waals surface area contributed by atoms with E-state index in [1.54, 1.807) is 6.20 Å². The molecule has 130 valence electrons. The van der Waals surface area contributed by atoms with Crippen molar-refractivity contribution in [2.75, 3.05) is 5.32 Å². The molecule has 6 nitrogen and oxygen atoms in total. The fourth-order valence-electron chi connectivity index (χ4n) is 2.66. The van der Waals surface area contributed by atoms with Gasteiger partial charge in [-0.05, 0) is 24.3 Å². The normalized spacial score (nSPS) is 10.8. The summed E-state index contributed by atoms with van der Waals surface area (Å²) in [6.07, 6.45) is 1.66. The topological polar surface area (TPSA) is 69.0 Å². The number of ether oxygens (including phenoxy) is 1.